The highest BCUT2D eigenvalue weighted by Crippen LogP contribution is 2.20. The van der Waals surface area contributed by atoms with Crippen LogP contribution in [0.1, 0.15) is 57.6 Å². The number of hydrogen-bond donors (Lipinski definition) is 1. The maximum Gasteiger partial charge on any atom is 0.410 e. The first-order valence-electron chi connectivity index (χ1n) is 14.0. The van der Waals surface area contributed by atoms with Crippen molar-refractivity contribution in [3.8, 4) is 5.75 Å². The first kappa shape index (κ1) is 30.8. The molecule has 1 aliphatic rings. The number of aryl methyl sites for hydroxylation is 1. The zero-order chi connectivity index (χ0) is 28.8. The number of ether oxygens (including phenoxy) is 4. The lowest BCUT2D eigenvalue weighted by Gasteiger charge is -2.33. The Morgan fingerprint density at radius 1 is 0.900 bits per heavy atom. The lowest BCUT2D eigenvalue weighted by Crippen LogP contribution is -2.42. The molecule has 1 N–H and O–H groups in total. The molecular formula is C31H42N2O7. The number of nitrogens with zero attached hydrogens (tertiary/aromatic N) is 1. The van der Waals surface area contributed by atoms with Gasteiger partial charge in [-0.25, -0.2) is 14.4 Å². The lowest BCUT2D eigenvalue weighted by atomic mass is 9.98. The molecular weight excluding hydrogens is 512 g/mol. The summed E-state index contributed by atoms with van der Waals surface area (Å²) in [5, 5.41) is 2.77. The molecule has 0 unspecified atom stereocenters. The van der Waals surface area contributed by atoms with Gasteiger partial charge in [0.1, 0.15) is 18.0 Å². The summed E-state index contributed by atoms with van der Waals surface area (Å²) in [6.45, 7) is 7.73. The van der Waals surface area contributed by atoms with Crippen molar-refractivity contribution >= 4 is 18.2 Å². The Morgan fingerprint density at radius 3 is 2.27 bits per heavy atom. The number of carbonyl (C=O) groups is 3. The van der Waals surface area contributed by atoms with Gasteiger partial charge in [0, 0.05) is 19.6 Å². The molecule has 218 valence electrons. The Morgan fingerprint density at radius 2 is 1.60 bits per heavy atom. The fraction of sp³-hybridized carbons (Fsp3) is 0.516. The van der Waals surface area contributed by atoms with Crippen LogP contribution in [0.25, 0.3) is 0 Å². The van der Waals surface area contributed by atoms with E-state index in [4.69, 9.17) is 18.9 Å². The Labute approximate surface area is 237 Å². The van der Waals surface area contributed by atoms with Crippen LogP contribution >= 0.6 is 0 Å². The molecule has 3 rings (SSSR count). The second kappa shape index (κ2) is 15.7. The van der Waals surface area contributed by atoms with E-state index >= 15 is 0 Å². The second-order valence-corrected chi connectivity index (χ2v) is 11.0. The summed E-state index contributed by atoms with van der Waals surface area (Å²) in [4.78, 5) is 37.8. The third-order valence-corrected chi connectivity index (χ3v) is 6.40. The summed E-state index contributed by atoms with van der Waals surface area (Å²) in [5.41, 5.74) is 1.60. The minimum absolute atomic E-state index is 0.151. The van der Waals surface area contributed by atoms with E-state index in [0.29, 0.717) is 32.0 Å². The SMILES string of the molecule is CC(C)(C)OC(=O)N1CCC(COC(=O)COc2ccc(CCCCNC(=O)OCc3ccccc3)cc2)CC1. The molecule has 1 saturated heterocycles. The average Bonchev–Trinajstić information content (AvgIpc) is 2.94. The molecule has 0 spiro atoms. The third-order valence-electron chi connectivity index (χ3n) is 6.40. The summed E-state index contributed by atoms with van der Waals surface area (Å²) in [7, 11) is 0. The molecule has 2 aromatic carbocycles. The highest BCUT2D eigenvalue weighted by molar-refractivity contribution is 5.71. The van der Waals surface area contributed by atoms with Gasteiger partial charge in [0.2, 0.25) is 0 Å². The zero-order valence-corrected chi connectivity index (χ0v) is 23.9. The fourth-order valence-electron chi connectivity index (χ4n) is 4.17. The number of alkyl carbamates (subject to hydrolysis) is 1. The van der Waals surface area contributed by atoms with Gasteiger partial charge in [-0.2, -0.15) is 0 Å². The number of carbonyl (C=O) groups excluding carboxylic acids is 3. The minimum atomic E-state index is -0.511. The van der Waals surface area contributed by atoms with Crippen molar-refractivity contribution in [2.45, 2.75) is 65.1 Å². The number of benzene rings is 2. The summed E-state index contributed by atoms with van der Waals surface area (Å²) in [6, 6.07) is 17.2. The van der Waals surface area contributed by atoms with Crippen molar-refractivity contribution in [2.75, 3.05) is 32.8 Å². The summed E-state index contributed by atoms with van der Waals surface area (Å²) >= 11 is 0. The van der Waals surface area contributed by atoms with E-state index in [1.807, 2.05) is 75.4 Å². The van der Waals surface area contributed by atoms with Crippen LogP contribution in [0.2, 0.25) is 0 Å². The van der Waals surface area contributed by atoms with Gasteiger partial charge in [-0.3, -0.25) is 0 Å². The van der Waals surface area contributed by atoms with Gasteiger partial charge >= 0.3 is 18.2 Å². The quantitative estimate of drug-likeness (QED) is 0.210. The standard InChI is InChI=1S/C31H42N2O7/c1-31(2,3)40-30(36)33-19-16-26(17-20-33)21-38-28(34)23-37-27-14-12-24(13-15-27)9-7-8-18-32-29(35)39-22-25-10-5-4-6-11-25/h4-6,10-15,26H,7-9,16-23H2,1-3H3,(H,32,35). The number of hydrogen-bond acceptors (Lipinski definition) is 7. The Balaban J connectivity index is 1.22. The van der Waals surface area contributed by atoms with Gasteiger partial charge in [0.25, 0.3) is 0 Å². The van der Waals surface area contributed by atoms with Crippen LogP contribution in [0.5, 0.6) is 5.75 Å². The largest absolute Gasteiger partial charge is 0.482 e. The minimum Gasteiger partial charge on any atom is -0.482 e. The monoisotopic (exact) mass is 554 g/mol. The van der Waals surface area contributed by atoms with Crippen molar-refractivity contribution in [2.24, 2.45) is 5.92 Å². The van der Waals surface area contributed by atoms with E-state index < -0.39 is 17.7 Å². The number of esters is 1. The molecule has 0 radical (unpaired) electrons. The maximum atomic E-state index is 12.2. The average molecular weight is 555 g/mol. The molecule has 2 amide bonds. The summed E-state index contributed by atoms with van der Waals surface area (Å²) in [5.74, 6) is 0.416. The van der Waals surface area contributed by atoms with E-state index in [1.54, 1.807) is 4.90 Å². The van der Waals surface area contributed by atoms with Crippen LogP contribution < -0.4 is 10.1 Å². The van der Waals surface area contributed by atoms with Gasteiger partial charge < -0.3 is 29.2 Å². The van der Waals surface area contributed by atoms with Crippen LogP contribution in [-0.2, 0) is 32.0 Å². The first-order chi connectivity index (χ1) is 19.2. The molecule has 0 saturated carbocycles. The Hall–Kier alpha value is -3.75. The topological polar surface area (TPSA) is 103 Å². The van der Waals surface area contributed by atoms with Gasteiger partial charge in [0.05, 0.1) is 6.61 Å². The van der Waals surface area contributed by atoms with Crippen molar-refractivity contribution in [1.29, 1.82) is 0 Å². The van der Waals surface area contributed by atoms with Crippen molar-refractivity contribution in [1.82, 2.24) is 10.2 Å². The molecule has 0 bridgehead atoms. The molecule has 1 heterocycles. The fourth-order valence-corrected chi connectivity index (χ4v) is 4.17. The van der Waals surface area contributed by atoms with Crippen LogP contribution in [0, 0.1) is 5.92 Å². The Bertz CT molecular complexity index is 1060. The van der Waals surface area contributed by atoms with E-state index in [1.165, 1.54) is 0 Å². The molecule has 9 heteroatoms. The summed E-state index contributed by atoms with van der Waals surface area (Å²) in [6.07, 6.45) is 3.46. The number of amides is 2. The van der Waals surface area contributed by atoms with Crippen molar-refractivity contribution in [3.05, 3.63) is 65.7 Å². The third kappa shape index (κ3) is 12.0. The normalized spacial score (nSPS) is 13.8. The number of rotatable bonds is 12. The molecule has 1 fully saturated rings. The molecule has 0 atom stereocenters. The summed E-state index contributed by atoms with van der Waals surface area (Å²) < 4.78 is 21.6. The van der Waals surface area contributed by atoms with Gasteiger partial charge in [0.15, 0.2) is 6.61 Å². The molecule has 0 aromatic heterocycles. The van der Waals surface area contributed by atoms with Gasteiger partial charge in [-0.15, -0.1) is 0 Å². The number of unbranched alkanes of at least 4 members (excludes halogenated alkanes) is 1. The van der Waals surface area contributed by atoms with E-state index in [-0.39, 0.29) is 25.2 Å². The Kier molecular flexibility index (Phi) is 12.1. The van der Waals surface area contributed by atoms with E-state index in [9.17, 15) is 14.4 Å². The zero-order valence-electron chi connectivity index (χ0n) is 23.9. The van der Waals surface area contributed by atoms with Crippen LogP contribution in [0.15, 0.2) is 54.6 Å². The van der Waals surface area contributed by atoms with Crippen LogP contribution in [-0.4, -0.2) is 61.5 Å². The van der Waals surface area contributed by atoms with Gasteiger partial charge in [-0.1, -0.05) is 42.5 Å². The van der Waals surface area contributed by atoms with Crippen LogP contribution in [0.4, 0.5) is 9.59 Å². The molecule has 0 aliphatic carbocycles. The molecule has 40 heavy (non-hydrogen) atoms. The van der Waals surface area contributed by atoms with Crippen LogP contribution in [0.3, 0.4) is 0 Å². The number of likely N-dealkylation sites (tertiary alicyclic amines) is 1. The highest BCUT2D eigenvalue weighted by Gasteiger charge is 2.27. The number of piperidine rings is 1. The highest BCUT2D eigenvalue weighted by atomic mass is 16.6. The molecule has 9 nitrogen and oxygen atoms in total. The van der Waals surface area contributed by atoms with Crippen molar-refractivity contribution in [3.63, 3.8) is 0 Å². The van der Waals surface area contributed by atoms with E-state index in [0.717, 1.165) is 43.2 Å². The second-order valence-electron chi connectivity index (χ2n) is 11.0. The van der Waals surface area contributed by atoms with Crippen molar-refractivity contribution < 1.29 is 33.3 Å². The smallest absolute Gasteiger partial charge is 0.410 e. The predicted molar refractivity (Wildman–Crippen MR) is 151 cm³/mol. The number of nitrogens with one attached hydrogen (secondary N) is 1. The van der Waals surface area contributed by atoms with Gasteiger partial charge in [-0.05, 0) is 82.1 Å². The predicted octanol–water partition coefficient (Wildman–Crippen LogP) is 5.50. The van der Waals surface area contributed by atoms with E-state index in [2.05, 4.69) is 5.32 Å². The first-order valence-corrected chi connectivity index (χ1v) is 14.0. The molecule has 1 aliphatic heterocycles. The lowest BCUT2D eigenvalue weighted by molar-refractivity contribution is -0.147. The maximum absolute atomic E-state index is 12.2. The molecule has 2 aromatic rings.